The maximum absolute atomic E-state index is 6.26. The Morgan fingerprint density at radius 1 is 1.03 bits per heavy atom. The number of para-hydroxylation sites is 1. The number of hydrogen-bond donors (Lipinski definition) is 0. The quantitative estimate of drug-likeness (QED) is 0.332. The highest BCUT2D eigenvalue weighted by Gasteiger charge is 2.27. The van der Waals surface area contributed by atoms with Crippen molar-refractivity contribution < 1.29 is 4.74 Å². The van der Waals surface area contributed by atoms with E-state index in [4.69, 9.17) is 31.4 Å². The molecule has 0 saturated heterocycles. The molecule has 3 aromatic carbocycles. The largest absolute Gasteiger partial charge is 0.497 e. The van der Waals surface area contributed by atoms with Gasteiger partial charge in [0.05, 0.1) is 28.7 Å². The molecule has 2 heterocycles. The maximum atomic E-state index is 6.26. The highest BCUT2D eigenvalue weighted by Crippen LogP contribution is 2.33. The van der Waals surface area contributed by atoms with E-state index in [-0.39, 0.29) is 0 Å². The number of thiazole rings is 1. The van der Waals surface area contributed by atoms with Crippen LogP contribution in [0, 0.1) is 0 Å². The van der Waals surface area contributed by atoms with Gasteiger partial charge < -0.3 is 4.74 Å². The molecule has 0 unspecified atom stereocenters. The predicted octanol–water partition coefficient (Wildman–Crippen LogP) is 6.97. The minimum Gasteiger partial charge on any atom is -0.497 e. The number of halogens is 1. The molecule has 0 fully saturated rings. The van der Waals surface area contributed by atoms with E-state index in [2.05, 4.69) is 12.1 Å². The number of hydrazone groups is 1. The van der Waals surface area contributed by atoms with Crippen molar-refractivity contribution in [1.82, 2.24) is 4.98 Å². The van der Waals surface area contributed by atoms with Gasteiger partial charge in [-0.3, -0.25) is 0 Å². The molecular formula is C25H19ClN4OS. The fourth-order valence-electron chi connectivity index (χ4n) is 3.46. The Morgan fingerprint density at radius 3 is 2.59 bits per heavy atom. The van der Waals surface area contributed by atoms with Gasteiger partial charge in [-0.15, -0.1) is 0 Å². The minimum atomic E-state index is 0.641. The third-order valence-electron chi connectivity index (χ3n) is 5.05. The van der Waals surface area contributed by atoms with Crippen molar-refractivity contribution in [2.75, 3.05) is 12.1 Å². The van der Waals surface area contributed by atoms with Crippen LogP contribution in [-0.2, 0) is 0 Å². The smallest absolute Gasteiger partial charge is 0.212 e. The van der Waals surface area contributed by atoms with Crippen LogP contribution >= 0.6 is 22.9 Å². The zero-order valence-corrected chi connectivity index (χ0v) is 19.1. The average molecular weight is 459 g/mol. The van der Waals surface area contributed by atoms with Crippen molar-refractivity contribution in [3.8, 4) is 5.75 Å². The number of aromatic nitrogens is 1. The molecule has 158 valence electrons. The molecule has 7 heteroatoms. The first-order valence-corrected chi connectivity index (χ1v) is 11.2. The summed E-state index contributed by atoms with van der Waals surface area (Å²) in [5, 5.41) is 7.93. The lowest BCUT2D eigenvalue weighted by atomic mass is 10.1. The lowest BCUT2D eigenvalue weighted by molar-refractivity contribution is 0.415. The van der Waals surface area contributed by atoms with Crippen LogP contribution in [0.3, 0.4) is 0 Å². The van der Waals surface area contributed by atoms with E-state index in [1.165, 1.54) is 0 Å². The lowest BCUT2D eigenvalue weighted by Crippen LogP contribution is -2.21. The third kappa shape index (κ3) is 4.02. The Kier molecular flexibility index (Phi) is 5.47. The molecule has 0 bridgehead atoms. The molecule has 0 amide bonds. The van der Waals surface area contributed by atoms with Crippen LogP contribution in [0.25, 0.3) is 16.3 Å². The Bertz CT molecular complexity index is 1360. The predicted molar refractivity (Wildman–Crippen MR) is 135 cm³/mol. The molecular weight excluding hydrogens is 440 g/mol. The molecule has 0 spiro atoms. The van der Waals surface area contributed by atoms with Crippen molar-refractivity contribution in [2.24, 2.45) is 10.1 Å². The van der Waals surface area contributed by atoms with Gasteiger partial charge >= 0.3 is 0 Å². The molecule has 0 N–H and O–H groups in total. The Hall–Kier alpha value is -3.48. The van der Waals surface area contributed by atoms with Crippen molar-refractivity contribution in [3.63, 3.8) is 0 Å². The fourth-order valence-corrected chi connectivity index (χ4v) is 4.48. The SMILES string of the molecule is COc1ccc(C=C2C(C)=NN(c3cccc(Cl)c3)C2=Nc2nc3ccccc3s2)cc1. The summed E-state index contributed by atoms with van der Waals surface area (Å²) >= 11 is 7.82. The zero-order chi connectivity index (χ0) is 22.1. The van der Waals surface area contributed by atoms with Gasteiger partial charge in [-0.05, 0) is 61.0 Å². The second-order valence-electron chi connectivity index (χ2n) is 7.21. The third-order valence-corrected chi connectivity index (χ3v) is 6.21. The molecule has 1 aliphatic heterocycles. The van der Waals surface area contributed by atoms with Gasteiger partial charge in [-0.2, -0.15) is 10.1 Å². The van der Waals surface area contributed by atoms with Crippen LogP contribution in [0.4, 0.5) is 10.8 Å². The highest BCUT2D eigenvalue weighted by atomic mass is 35.5. The minimum absolute atomic E-state index is 0.641. The number of aliphatic imine (C=N–C) groups is 1. The molecule has 32 heavy (non-hydrogen) atoms. The van der Waals surface area contributed by atoms with E-state index < -0.39 is 0 Å². The first kappa shape index (κ1) is 20.4. The Labute approximate surface area is 195 Å². The summed E-state index contributed by atoms with van der Waals surface area (Å²) in [5.74, 6) is 1.52. The normalized spacial score (nSPS) is 16.2. The first-order valence-electron chi connectivity index (χ1n) is 10.0. The average Bonchev–Trinajstić information content (AvgIpc) is 3.35. The fraction of sp³-hybridized carbons (Fsp3) is 0.0800. The Morgan fingerprint density at radius 2 is 1.84 bits per heavy atom. The van der Waals surface area contributed by atoms with Crippen molar-refractivity contribution in [1.29, 1.82) is 0 Å². The summed E-state index contributed by atoms with van der Waals surface area (Å²) in [6.07, 6.45) is 2.08. The molecule has 0 saturated carbocycles. The van der Waals surface area contributed by atoms with Gasteiger partial charge in [0.25, 0.3) is 0 Å². The molecule has 5 nitrogen and oxygen atoms in total. The van der Waals surface area contributed by atoms with Crippen molar-refractivity contribution >= 4 is 61.6 Å². The second kappa shape index (κ2) is 8.57. The number of ether oxygens (including phenoxy) is 1. The molecule has 0 aliphatic carbocycles. The number of nitrogens with zero attached hydrogens (tertiary/aromatic N) is 4. The van der Waals surface area contributed by atoms with Crippen molar-refractivity contribution in [3.05, 3.63) is 89.0 Å². The van der Waals surface area contributed by atoms with E-state index in [9.17, 15) is 0 Å². The number of fused-ring (bicyclic) bond motifs is 1. The van der Waals surface area contributed by atoms with Crippen LogP contribution in [0.5, 0.6) is 5.75 Å². The second-order valence-corrected chi connectivity index (χ2v) is 8.65. The van der Waals surface area contributed by atoms with Gasteiger partial charge in [-0.25, -0.2) is 9.99 Å². The van der Waals surface area contributed by atoms with Crippen LogP contribution in [-0.4, -0.2) is 23.6 Å². The van der Waals surface area contributed by atoms with E-state index in [0.29, 0.717) is 16.0 Å². The molecule has 1 aromatic heterocycles. The summed E-state index contributed by atoms with van der Waals surface area (Å²) < 4.78 is 6.37. The van der Waals surface area contributed by atoms with Gasteiger partial charge in [-0.1, -0.05) is 53.3 Å². The number of hydrogen-bond acceptors (Lipinski definition) is 5. The van der Waals surface area contributed by atoms with Crippen LogP contribution in [0.1, 0.15) is 12.5 Å². The molecule has 4 aromatic rings. The van der Waals surface area contributed by atoms with Gasteiger partial charge in [0.1, 0.15) is 5.75 Å². The summed E-state index contributed by atoms with van der Waals surface area (Å²) in [5.41, 5.74) is 4.59. The summed E-state index contributed by atoms with van der Waals surface area (Å²) in [6.45, 7) is 1.98. The molecule has 5 rings (SSSR count). The molecule has 0 atom stereocenters. The zero-order valence-electron chi connectivity index (χ0n) is 17.5. The number of rotatable bonds is 4. The molecule has 0 radical (unpaired) electrons. The Balaban J connectivity index is 1.63. The van der Waals surface area contributed by atoms with E-state index >= 15 is 0 Å². The summed E-state index contributed by atoms with van der Waals surface area (Å²) in [4.78, 5) is 9.64. The summed E-state index contributed by atoms with van der Waals surface area (Å²) in [7, 11) is 1.66. The number of methoxy groups -OCH3 is 1. The van der Waals surface area contributed by atoms with Crippen LogP contribution < -0.4 is 9.75 Å². The number of amidine groups is 1. The summed E-state index contributed by atoms with van der Waals surface area (Å²) in [6, 6.07) is 23.5. The number of anilines is 1. The van der Waals surface area contributed by atoms with Gasteiger partial charge in [0.2, 0.25) is 5.13 Å². The van der Waals surface area contributed by atoms with E-state index in [1.807, 2.05) is 78.7 Å². The van der Waals surface area contributed by atoms with Crippen LogP contribution in [0.2, 0.25) is 5.02 Å². The van der Waals surface area contributed by atoms with Gasteiger partial charge in [0, 0.05) is 10.6 Å². The van der Waals surface area contributed by atoms with Crippen molar-refractivity contribution in [2.45, 2.75) is 6.92 Å². The standard InChI is InChI=1S/C25H19ClN4OS/c1-16-21(14-17-10-12-20(31-2)13-11-17)24(30(29-16)19-7-5-6-18(26)15-19)28-25-27-22-8-3-4-9-23(22)32-25/h3-15H,1-2H3. The van der Waals surface area contributed by atoms with Crippen LogP contribution in [0.15, 0.2) is 88.5 Å². The first-order chi connectivity index (χ1) is 15.6. The monoisotopic (exact) mass is 458 g/mol. The highest BCUT2D eigenvalue weighted by molar-refractivity contribution is 7.22. The number of benzene rings is 3. The molecule has 1 aliphatic rings. The maximum Gasteiger partial charge on any atom is 0.212 e. The van der Waals surface area contributed by atoms with E-state index in [1.54, 1.807) is 18.4 Å². The topological polar surface area (TPSA) is 50.1 Å². The lowest BCUT2D eigenvalue weighted by Gasteiger charge is -2.15. The van der Waals surface area contributed by atoms with Gasteiger partial charge in [0.15, 0.2) is 5.84 Å². The van der Waals surface area contributed by atoms with E-state index in [0.717, 1.165) is 38.5 Å².